The van der Waals surface area contributed by atoms with Crippen molar-refractivity contribution in [3.8, 4) is 67.3 Å². The molecule has 28 rings (SSSR count). The Morgan fingerprint density at radius 2 is 0.367 bits per heavy atom. The normalized spacial score (nSPS) is 12.1. The van der Waals surface area contributed by atoms with Gasteiger partial charge in [0.15, 0.2) is 0 Å². The first-order valence-corrected chi connectivity index (χ1v) is 44.3. The maximum atomic E-state index is 2.46. The fourth-order valence-corrected chi connectivity index (χ4v) is 22.1. The van der Waals surface area contributed by atoms with Crippen LogP contribution in [0.25, 0.3) is 262 Å². The minimum Gasteiger partial charge on any atom is -0.309 e. The number of para-hydroxylation sites is 6. The fourth-order valence-electron chi connectivity index (χ4n) is 22.1. The Kier molecular flexibility index (Phi) is 15.8. The molecule has 0 unspecified atom stereocenters. The molecule has 0 bridgehead atoms. The number of benzene rings is 24. The molecule has 592 valence electrons. The Morgan fingerprint density at radius 1 is 0.109 bits per heavy atom. The average Bonchev–Trinajstić information content (AvgIpc) is 1.05. The summed E-state index contributed by atoms with van der Waals surface area (Å²) in [6.45, 7) is 0. The van der Waals surface area contributed by atoms with Gasteiger partial charge in [0.25, 0.3) is 0 Å². The predicted molar refractivity (Wildman–Crippen MR) is 547 cm³/mol. The van der Waals surface area contributed by atoms with Crippen molar-refractivity contribution >= 4 is 195 Å². The van der Waals surface area contributed by atoms with Gasteiger partial charge in [-0.1, -0.05) is 328 Å². The molecule has 0 spiro atoms. The molecule has 0 N–H and O–H groups in total. The van der Waals surface area contributed by atoms with Crippen molar-refractivity contribution < 1.29 is 0 Å². The van der Waals surface area contributed by atoms with Gasteiger partial charge in [0.05, 0.1) is 44.1 Å². The standard InChI is InChI=1S/2C62H38N2/c1-2-17-43(18-3-1)63-57-27-12-10-24-49(57)54-36-40(30-33-59(54)63)41-31-34-60-55(37-41)50-25-11-13-28-58(50)64(60)44-19-14-16-42(35-44)53-38-56-48-23-7-6-21-46(48)47-22-8-9-26-51(47)62(56)61-45-20-5-4-15-39(45)29-32-52(53)61;1-2-15-43(16-3-1)63-57-24-12-10-21-49(57)54-36-41(29-34-59(54)63)42-30-35-60-55(37-42)50-22-11-13-25-58(50)64(60)44-31-26-40(27-32-44)53-38-56-48-20-7-6-18-46(48)47-19-8-9-23-51(47)62(56)61-45-17-5-4-14-39(45)28-33-52(53)61/h2*1-38H. The van der Waals surface area contributed by atoms with E-state index in [1.54, 1.807) is 0 Å². The zero-order valence-corrected chi connectivity index (χ0v) is 69.7. The summed E-state index contributed by atoms with van der Waals surface area (Å²) in [6.07, 6.45) is 0. The van der Waals surface area contributed by atoms with Crippen molar-refractivity contribution in [1.82, 2.24) is 18.3 Å². The van der Waals surface area contributed by atoms with Gasteiger partial charge < -0.3 is 18.3 Å². The number of rotatable bonds is 8. The molecule has 4 nitrogen and oxygen atoms in total. The van der Waals surface area contributed by atoms with E-state index in [0.29, 0.717) is 0 Å². The van der Waals surface area contributed by atoms with Gasteiger partial charge in [-0.3, -0.25) is 0 Å². The van der Waals surface area contributed by atoms with Crippen molar-refractivity contribution in [3.63, 3.8) is 0 Å². The van der Waals surface area contributed by atoms with Gasteiger partial charge in [0, 0.05) is 65.8 Å². The molecule has 0 fully saturated rings. The van der Waals surface area contributed by atoms with Gasteiger partial charge in [-0.05, 0) is 286 Å². The van der Waals surface area contributed by atoms with Gasteiger partial charge in [0.1, 0.15) is 0 Å². The Balaban J connectivity index is 0.000000132. The van der Waals surface area contributed by atoms with Crippen LogP contribution in [0.3, 0.4) is 0 Å². The van der Waals surface area contributed by atoms with E-state index in [1.807, 2.05) is 0 Å². The molecule has 0 aliphatic rings. The summed E-state index contributed by atoms with van der Waals surface area (Å²) in [5.41, 5.74) is 24.0. The van der Waals surface area contributed by atoms with Crippen LogP contribution in [0.2, 0.25) is 0 Å². The highest BCUT2D eigenvalue weighted by molar-refractivity contribution is 6.39. The first-order valence-electron chi connectivity index (χ1n) is 44.3. The highest BCUT2D eigenvalue weighted by Crippen LogP contribution is 2.50. The Morgan fingerprint density at radius 3 is 0.742 bits per heavy atom. The van der Waals surface area contributed by atoms with Crippen molar-refractivity contribution in [1.29, 1.82) is 0 Å². The SMILES string of the molecule is c1ccc(-n2c3ccccc3c3cc(-c4ccc5c(c4)c4ccccc4n5-c4ccc(-c5cc6c7ccccc7c7ccccc7c6c6c5ccc5ccccc56)cc4)ccc32)cc1.c1ccc(-n2c3ccccc3c3cc(-c4ccc5c(c4)c4ccccc4n5-c4cccc(-c5cc6c7ccccc7c7ccccc7c6c6c5ccc5ccccc56)c4)ccc32)cc1. The maximum absolute atomic E-state index is 2.46. The van der Waals surface area contributed by atoms with E-state index in [-0.39, 0.29) is 0 Å². The fraction of sp³-hybridized carbons (Fsp3) is 0. The minimum absolute atomic E-state index is 1.14. The van der Waals surface area contributed by atoms with E-state index in [2.05, 4.69) is 479 Å². The molecule has 0 saturated carbocycles. The molecular weight excluding hydrogens is 1550 g/mol. The van der Waals surface area contributed by atoms with E-state index in [0.717, 1.165) is 11.4 Å². The lowest BCUT2D eigenvalue weighted by Crippen LogP contribution is -1.95. The molecule has 0 saturated heterocycles. The Bertz CT molecular complexity index is 9560. The summed E-state index contributed by atoms with van der Waals surface area (Å²) in [7, 11) is 0. The number of hydrogen-bond acceptors (Lipinski definition) is 0. The molecule has 4 aromatic heterocycles. The van der Waals surface area contributed by atoms with Crippen molar-refractivity contribution in [2.24, 2.45) is 0 Å². The van der Waals surface area contributed by atoms with Crippen LogP contribution in [0, 0.1) is 0 Å². The summed E-state index contributed by atoms with van der Waals surface area (Å²) in [5, 5.41) is 35.8. The van der Waals surface area contributed by atoms with E-state index in [9.17, 15) is 0 Å². The van der Waals surface area contributed by atoms with Crippen LogP contribution in [-0.4, -0.2) is 18.3 Å². The van der Waals surface area contributed by atoms with Gasteiger partial charge in [-0.25, -0.2) is 0 Å². The zero-order chi connectivity index (χ0) is 83.8. The maximum Gasteiger partial charge on any atom is 0.0541 e. The molecule has 0 radical (unpaired) electrons. The van der Waals surface area contributed by atoms with E-state index < -0.39 is 0 Å². The second-order valence-corrected chi connectivity index (χ2v) is 34.4. The van der Waals surface area contributed by atoms with Gasteiger partial charge in [0.2, 0.25) is 0 Å². The molecule has 0 aliphatic heterocycles. The van der Waals surface area contributed by atoms with Crippen LogP contribution in [0.1, 0.15) is 0 Å². The third-order valence-electron chi connectivity index (χ3n) is 27.7. The van der Waals surface area contributed by atoms with Gasteiger partial charge >= 0.3 is 0 Å². The molecule has 24 aromatic carbocycles. The summed E-state index contributed by atoms with van der Waals surface area (Å²) in [6, 6.07) is 171. The van der Waals surface area contributed by atoms with Gasteiger partial charge in [-0.15, -0.1) is 0 Å². The monoisotopic (exact) mass is 1620 g/mol. The van der Waals surface area contributed by atoms with Crippen molar-refractivity contribution in [3.05, 3.63) is 461 Å². The molecular formula is C124H76N4. The molecule has 28 aromatic rings. The third kappa shape index (κ3) is 10.8. The second-order valence-electron chi connectivity index (χ2n) is 34.4. The lowest BCUT2D eigenvalue weighted by atomic mass is 9.85. The first kappa shape index (κ1) is 71.6. The smallest absolute Gasteiger partial charge is 0.0541 e. The highest BCUT2D eigenvalue weighted by Gasteiger charge is 2.25. The van der Waals surface area contributed by atoms with Crippen LogP contribution < -0.4 is 0 Å². The van der Waals surface area contributed by atoms with Crippen molar-refractivity contribution in [2.45, 2.75) is 0 Å². The Labute approximate surface area is 736 Å². The van der Waals surface area contributed by atoms with Crippen LogP contribution >= 0.6 is 0 Å². The molecule has 0 aliphatic carbocycles. The zero-order valence-electron chi connectivity index (χ0n) is 69.7. The van der Waals surface area contributed by atoms with Crippen LogP contribution in [0.4, 0.5) is 0 Å². The summed E-state index contributed by atoms with van der Waals surface area (Å²) in [5.74, 6) is 0. The molecule has 128 heavy (non-hydrogen) atoms. The molecule has 4 heteroatoms. The lowest BCUT2D eigenvalue weighted by molar-refractivity contribution is 1.18. The number of nitrogens with zero attached hydrogens (tertiary/aromatic N) is 4. The van der Waals surface area contributed by atoms with Gasteiger partial charge in [-0.2, -0.15) is 0 Å². The molecule has 0 atom stereocenters. The van der Waals surface area contributed by atoms with Crippen molar-refractivity contribution in [2.75, 3.05) is 0 Å². The first-order chi connectivity index (χ1) is 63.5. The molecule has 4 heterocycles. The quantitative estimate of drug-likeness (QED) is 0.135. The predicted octanol–water partition coefficient (Wildman–Crippen LogP) is 34.0. The van der Waals surface area contributed by atoms with E-state index in [1.165, 1.54) is 251 Å². The average molecular weight is 1620 g/mol. The minimum atomic E-state index is 1.14. The molecule has 0 amide bonds. The third-order valence-corrected chi connectivity index (χ3v) is 27.7. The number of fused-ring (bicyclic) bond motifs is 32. The van der Waals surface area contributed by atoms with E-state index in [4.69, 9.17) is 0 Å². The number of hydrogen-bond donors (Lipinski definition) is 0. The largest absolute Gasteiger partial charge is 0.309 e. The second kappa shape index (κ2) is 28.3. The number of aromatic nitrogens is 4. The van der Waals surface area contributed by atoms with E-state index >= 15 is 0 Å². The van der Waals surface area contributed by atoms with Crippen LogP contribution in [0.15, 0.2) is 461 Å². The van der Waals surface area contributed by atoms with Crippen LogP contribution in [-0.2, 0) is 0 Å². The Hall–Kier alpha value is -16.9. The van der Waals surface area contributed by atoms with Crippen LogP contribution in [0.5, 0.6) is 0 Å². The highest BCUT2D eigenvalue weighted by atomic mass is 15.0. The summed E-state index contributed by atoms with van der Waals surface area (Å²) >= 11 is 0. The topological polar surface area (TPSA) is 19.7 Å². The lowest BCUT2D eigenvalue weighted by Gasteiger charge is -2.18. The summed E-state index contributed by atoms with van der Waals surface area (Å²) < 4.78 is 9.65. The summed E-state index contributed by atoms with van der Waals surface area (Å²) in [4.78, 5) is 0.